The lowest BCUT2D eigenvalue weighted by atomic mass is 10.1. The lowest BCUT2D eigenvalue weighted by Crippen LogP contribution is -2.00. The molecule has 5 nitrogen and oxygen atoms in total. The van der Waals surface area contributed by atoms with Gasteiger partial charge in [0, 0.05) is 5.25 Å². The Morgan fingerprint density at radius 1 is 1.45 bits per heavy atom. The average Bonchev–Trinajstić information content (AvgIpc) is 2.95. The van der Waals surface area contributed by atoms with Gasteiger partial charge in [-0.2, -0.15) is 5.26 Å². The number of aromatic nitrogens is 2. The number of carbonyl (C=O) groups excluding carboxylic acids is 1. The monoisotopic (exact) mass is 287 g/mol. The van der Waals surface area contributed by atoms with E-state index in [1.807, 2.05) is 19.1 Å². The molecule has 0 aliphatic carbocycles. The molecular formula is C14H13N3O2S. The summed E-state index contributed by atoms with van der Waals surface area (Å²) in [5.74, 6) is -0.435. The number of benzene rings is 1. The minimum Gasteiger partial charge on any atom is -0.464 e. The second-order valence-electron chi connectivity index (χ2n) is 4.09. The number of hydrogen-bond acceptors (Lipinski definition) is 5. The van der Waals surface area contributed by atoms with Gasteiger partial charge in [-0.1, -0.05) is 23.9 Å². The van der Waals surface area contributed by atoms with Crippen LogP contribution in [0, 0.1) is 11.3 Å². The highest BCUT2D eigenvalue weighted by molar-refractivity contribution is 7.99. The molecule has 0 fully saturated rings. The minimum absolute atomic E-state index is 0.152. The molecule has 0 bridgehead atoms. The van der Waals surface area contributed by atoms with E-state index in [1.54, 1.807) is 12.1 Å². The number of H-pyrrole nitrogens is 1. The van der Waals surface area contributed by atoms with Crippen molar-refractivity contribution in [1.82, 2.24) is 9.97 Å². The fourth-order valence-corrected chi connectivity index (χ4v) is 2.55. The maximum absolute atomic E-state index is 11.3. The van der Waals surface area contributed by atoms with Gasteiger partial charge in [0.25, 0.3) is 0 Å². The van der Waals surface area contributed by atoms with E-state index in [-0.39, 0.29) is 5.25 Å². The van der Waals surface area contributed by atoms with Crippen LogP contribution in [0.1, 0.15) is 33.8 Å². The number of imidazole rings is 1. The van der Waals surface area contributed by atoms with Gasteiger partial charge in [0.2, 0.25) is 0 Å². The first-order valence-electron chi connectivity index (χ1n) is 5.94. The van der Waals surface area contributed by atoms with E-state index < -0.39 is 5.97 Å². The second kappa shape index (κ2) is 6.26. The molecule has 0 aliphatic rings. The summed E-state index contributed by atoms with van der Waals surface area (Å²) in [6.07, 6.45) is 1.46. The van der Waals surface area contributed by atoms with Gasteiger partial charge in [-0.3, -0.25) is 0 Å². The Morgan fingerprint density at radius 3 is 2.75 bits per heavy atom. The fraction of sp³-hybridized carbons (Fsp3) is 0.214. The summed E-state index contributed by atoms with van der Waals surface area (Å²) in [6.45, 7) is 2.03. The van der Waals surface area contributed by atoms with Gasteiger partial charge >= 0.3 is 5.97 Å². The molecule has 1 aromatic carbocycles. The number of hydrogen-bond donors (Lipinski definition) is 1. The first-order chi connectivity index (χ1) is 9.63. The Labute approximate surface area is 121 Å². The summed E-state index contributed by atoms with van der Waals surface area (Å²) in [5, 5.41) is 9.57. The van der Waals surface area contributed by atoms with Crippen molar-refractivity contribution in [2.24, 2.45) is 0 Å². The van der Waals surface area contributed by atoms with Crippen LogP contribution in [0.25, 0.3) is 0 Å². The van der Waals surface area contributed by atoms with E-state index in [9.17, 15) is 4.79 Å². The molecule has 2 rings (SSSR count). The molecule has 0 spiro atoms. The number of ether oxygens (including phenoxy) is 1. The van der Waals surface area contributed by atoms with E-state index in [4.69, 9.17) is 5.26 Å². The van der Waals surface area contributed by atoms with Crippen LogP contribution < -0.4 is 0 Å². The third-order valence-electron chi connectivity index (χ3n) is 2.76. The van der Waals surface area contributed by atoms with E-state index >= 15 is 0 Å². The Hall–Kier alpha value is -2.26. The highest BCUT2D eigenvalue weighted by Crippen LogP contribution is 2.32. The Bertz CT molecular complexity index is 643. The number of nitriles is 1. The lowest BCUT2D eigenvalue weighted by molar-refractivity contribution is 0.0594. The Balaban J connectivity index is 2.07. The molecular weight excluding hydrogens is 274 g/mol. The predicted molar refractivity (Wildman–Crippen MR) is 75.4 cm³/mol. The molecule has 0 aliphatic heterocycles. The summed E-state index contributed by atoms with van der Waals surface area (Å²) in [7, 11) is 1.33. The summed E-state index contributed by atoms with van der Waals surface area (Å²) >= 11 is 1.50. The van der Waals surface area contributed by atoms with Crippen LogP contribution in [0.4, 0.5) is 0 Å². The number of esters is 1. The number of methoxy groups -OCH3 is 1. The quantitative estimate of drug-likeness (QED) is 0.691. The minimum atomic E-state index is -0.435. The van der Waals surface area contributed by atoms with Crippen LogP contribution in [-0.2, 0) is 4.74 Å². The third-order valence-corrected chi connectivity index (χ3v) is 3.81. The molecule has 0 saturated carbocycles. The summed E-state index contributed by atoms with van der Waals surface area (Å²) < 4.78 is 4.61. The van der Waals surface area contributed by atoms with Crippen LogP contribution >= 0.6 is 11.8 Å². The van der Waals surface area contributed by atoms with Crippen molar-refractivity contribution in [3.05, 3.63) is 47.3 Å². The third kappa shape index (κ3) is 3.19. The summed E-state index contributed by atoms with van der Waals surface area (Å²) in [5.41, 5.74) is 2.06. The molecule has 1 N–H and O–H groups in total. The molecule has 1 aromatic heterocycles. The predicted octanol–water partition coefficient (Wildman–Crippen LogP) is 2.92. The van der Waals surface area contributed by atoms with Gasteiger partial charge in [0.05, 0.1) is 24.9 Å². The number of carbonyl (C=O) groups is 1. The maximum Gasteiger partial charge on any atom is 0.356 e. The molecule has 20 heavy (non-hydrogen) atoms. The molecule has 0 saturated heterocycles. The molecule has 1 atom stereocenters. The largest absolute Gasteiger partial charge is 0.464 e. The van der Waals surface area contributed by atoms with Crippen LogP contribution in [0.5, 0.6) is 0 Å². The highest BCUT2D eigenvalue weighted by Gasteiger charge is 2.13. The summed E-state index contributed by atoms with van der Waals surface area (Å²) in [6, 6.07) is 9.49. The van der Waals surface area contributed by atoms with Gasteiger partial charge in [-0.05, 0) is 24.6 Å². The average molecular weight is 287 g/mol. The SMILES string of the molecule is COC(=O)c1cnc(S[C@@H](C)c2ccc(C#N)cc2)[nH]1. The van der Waals surface area contributed by atoms with Crippen molar-refractivity contribution in [3.8, 4) is 6.07 Å². The van der Waals surface area contributed by atoms with Gasteiger partial charge in [0.15, 0.2) is 5.16 Å². The Kier molecular flexibility index (Phi) is 4.43. The van der Waals surface area contributed by atoms with Crippen LogP contribution in [0.15, 0.2) is 35.6 Å². The number of nitrogens with one attached hydrogen (secondary N) is 1. The van der Waals surface area contributed by atoms with Crippen molar-refractivity contribution >= 4 is 17.7 Å². The molecule has 0 radical (unpaired) electrons. The zero-order chi connectivity index (χ0) is 14.5. The van der Waals surface area contributed by atoms with E-state index in [1.165, 1.54) is 25.1 Å². The molecule has 6 heteroatoms. The smallest absolute Gasteiger partial charge is 0.356 e. The topological polar surface area (TPSA) is 78.8 Å². The zero-order valence-electron chi connectivity index (χ0n) is 11.1. The standard InChI is InChI=1S/C14H13N3O2S/c1-9(11-5-3-10(7-15)4-6-11)20-14-16-8-12(17-14)13(18)19-2/h3-6,8-9H,1-2H3,(H,16,17)/t9-/m0/s1. The number of rotatable bonds is 4. The van der Waals surface area contributed by atoms with Crippen LogP contribution in [0.2, 0.25) is 0 Å². The van der Waals surface area contributed by atoms with Crippen molar-refractivity contribution in [2.45, 2.75) is 17.3 Å². The van der Waals surface area contributed by atoms with Crippen molar-refractivity contribution in [3.63, 3.8) is 0 Å². The van der Waals surface area contributed by atoms with E-state index in [0.29, 0.717) is 16.4 Å². The van der Waals surface area contributed by atoms with Gasteiger partial charge < -0.3 is 9.72 Å². The molecule has 102 valence electrons. The first-order valence-corrected chi connectivity index (χ1v) is 6.82. The van der Waals surface area contributed by atoms with Crippen molar-refractivity contribution in [1.29, 1.82) is 5.26 Å². The van der Waals surface area contributed by atoms with Crippen molar-refractivity contribution < 1.29 is 9.53 Å². The second-order valence-corrected chi connectivity index (χ2v) is 5.42. The number of thioether (sulfide) groups is 1. The van der Waals surface area contributed by atoms with Crippen LogP contribution in [-0.4, -0.2) is 23.0 Å². The fourth-order valence-electron chi connectivity index (χ4n) is 1.64. The van der Waals surface area contributed by atoms with Gasteiger partial charge in [-0.15, -0.1) is 0 Å². The zero-order valence-corrected chi connectivity index (χ0v) is 11.9. The van der Waals surface area contributed by atoms with Gasteiger partial charge in [0.1, 0.15) is 5.69 Å². The van der Waals surface area contributed by atoms with Crippen molar-refractivity contribution in [2.75, 3.05) is 7.11 Å². The highest BCUT2D eigenvalue weighted by atomic mass is 32.2. The lowest BCUT2D eigenvalue weighted by Gasteiger charge is -2.09. The summed E-state index contributed by atoms with van der Waals surface area (Å²) in [4.78, 5) is 18.4. The molecule has 0 amide bonds. The van der Waals surface area contributed by atoms with E-state index in [2.05, 4.69) is 20.8 Å². The normalized spacial score (nSPS) is 11.7. The molecule has 0 unspecified atom stereocenters. The first kappa shape index (κ1) is 14.2. The Morgan fingerprint density at radius 2 is 2.15 bits per heavy atom. The molecule has 1 heterocycles. The van der Waals surface area contributed by atoms with Crippen LogP contribution in [0.3, 0.4) is 0 Å². The maximum atomic E-state index is 11.3. The number of nitrogens with zero attached hydrogens (tertiary/aromatic N) is 2. The molecule has 2 aromatic rings. The van der Waals surface area contributed by atoms with E-state index in [0.717, 1.165) is 5.56 Å². The van der Waals surface area contributed by atoms with Gasteiger partial charge in [-0.25, -0.2) is 9.78 Å². The number of aromatic amines is 1.